The third-order valence-corrected chi connectivity index (χ3v) is 6.88. The SMILES string of the molecule is COc1ccc(C(C)=Cn2c3c(c4cc(Cl)ccc42)C2CCC(C3)N2C)cc1F. The normalized spacial score (nSPS) is 21.6. The molecule has 3 nitrogen and oxygen atoms in total. The Kier molecular flexibility index (Phi) is 4.45. The van der Waals surface area contributed by atoms with E-state index in [0.717, 1.165) is 28.1 Å². The maximum absolute atomic E-state index is 14.2. The van der Waals surface area contributed by atoms with Gasteiger partial charge in [-0.05, 0) is 73.8 Å². The number of benzene rings is 2. The number of hydrogen-bond acceptors (Lipinski definition) is 2. The van der Waals surface area contributed by atoms with Crippen LogP contribution in [0.1, 0.15) is 42.6 Å². The van der Waals surface area contributed by atoms with E-state index in [-0.39, 0.29) is 11.6 Å². The monoisotopic (exact) mass is 410 g/mol. The molecule has 0 radical (unpaired) electrons. The van der Waals surface area contributed by atoms with Gasteiger partial charge < -0.3 is 9.30 Å². The van der Waals surface area contributed by atoms with Crippen LogP contribution < -0.4 is 4.74 Å². The van der Waals surface area contributed by atoms with Crippen LogP contribution in [0.3, 0.4) is 0 Å². The molecule has 0 N–H and O–H groups in total. The fourth-order valence-electron chi connectivity index (χ4n) is 5.10. The summed E-state index contributed by atoms with van der Waals surface area (Å²) in [4.78, 5) is 2.52. The quantitative estimate of drug-likeness (QED) is 0.515. The number of aromatic nitrogens is 1. The molecule has 2 bridgehead atoms. The summed E-state index contributed by atoms with van der Waals surface area (Å²) in [5.41, 5.74) is 5.79. The molecule has 2 aliphatic rings. The Morgan fingerprint density at radius 3 is 2.79 bits per heavy atom. The molecule has 3 heterocycles. The van der Waals surface area contributed by atoms with E-state index in [1.54, 1.807) is 6.07 Å². The first-order valence-electron chi connectivity index (χ1n) is 10.0. The highest BCUT2D eigenvalue weighted by Gasteiger charge is 2.40. The van der Waals surface area contributed by atoms with E-state index in [4.69, 9.17) is 16.3 Å². The molecule has 0 aliphatic carbocycles. The average molecular weight is 411 g/mol. The van der Waals surface area contributed by atoms with Crippen molar-refractivity contribution in [2.75, 3.05) is 14.2 Å². The zero-order valence-electron chi connectivity index (χ0n) is 16.9. The predicted octanol–water partition coefficient (Wildman–Crippen LogP) is 6.15. The van der Waals surface area contributed by atoms with Crippen molar-refractivity contribution >= 4 is 34.3 Å². The van der Waals surface area contributed by atoms with Crippen LogP contribution in [-0.4, -0.2) is 29.7 Å². The van der Waals surface area contributed by atoms with Crippen molar-refractivity contribution in [3.63, 3.8) is 0 Å². The van der Waals surface area contributed by atoms with Gasteiger partial charge in [-0.15, -0.1) is 0 Å². The van der Waals surface area contributed by atoms with Crippen molar-refractivity contribution in [3.05, 3.63) is 64.1 Å². The van der Waals surface area contributed by atoms with Gasteiger partial charge in [-0.25, -0.2) is 4.39 Å². The largest absolute Gasteiger partial charge is 0.494 e. The lowest BCUT2D eigenvalue weighted by Crippen LogP contribution is -2.34. The number of nitrogens with zero attached hydrogens (tertiary/aromatic N) is 2. The zero-order chi connectivity index (χ0) is 20.3. The Balaban J connectivity index is 1.69. The first-order valence-corrected chi connectivity index (χ1v) is 10.4. The first kappa shape index (κ1) is 18.7. The molecule has 1 fully saturated rings. The molecule has 5 rings (SSSR count). The average Bonchev–Trinajstić information content (AvgIpc) is 3.11. The number of methoxy groups -OCH3 is 1. The molecule has 0 spiro atoms. The van der Waals surface area contributed by atoms with E-state index < -0.39 is 0 Å². The summed E-state index contributed by atoms with van der Waals surface area (Å²) < 4.78 is 21.6. The summed E-state index contributed by atoms with van der Waals surface area (Å²) >= 11 is 6.36. The topological polar surface area (TPSA) is 17.4 Å². The Hall–Kier alpha value is -2.30. The van der Waals surface area contributed by atoms with Crippen molar-refractivity contribution in [2.45, 2.75) is 38.3 Å². The number of hydrogen-bond donors (Lipinski definition) is 0. The number of rotatable bonds is 3. The van der Waals surface area contributed by atoms with Crippen molar-refractivity contribution in [1.29, 1.82) is 0 Å². The molecule has 2 atom stereocenters. The fourth-order valence-corrected chi connectivity index (χ4v) is 5.27. The van der Waals surface area contributed by atoms with Crippen molar-refractivity contribution in [2.24, 2.45) is 0 Å². The minimum Gasteiger partial charge on any atom is -0.494 e. The Morgan fingerprint density at radius 2 is 2.03 bits per heavy atom. The molecule has 2 unspecified atom stereocenters. The highest BCUT2D eigenvalue weighted by molar-refractivity contribution is 6.31. The highest BCUT2D eigenvalue weighted by Crippen LogP contribution is 2.47. The van der Waals surface area contributed by atoms with Gasteiger partial charge in [-0.2, -0.15) is 0 Å². The second kappa shape index (κ2) is 6.89. The maximum atomic E-state index is 14.2. The summed E-state index contributed by atoms with van der Waals surface area (Å²) in [5, 5.41) is 1.99. The molecule has 2 aliphatic heterocycles. The van der Waals surface area contributed by atoms with E-state index in [0.29, 0.717) is 12.1 Å². The van der Waals surface area contributed by atoms with Gasteiger partial charge in [0.2, 0.25) is 0 Å². The summed E-state index contributed by atoms with van der Waals surface area (Å²) in [6.07, 6.45) is 5.58. The second-order valence-corrected chi connectivity index (χ2v) is 8.61. The lowest BCUT2D eigenvalue weighted by atomic mass is 9.97. The number of likely N-dealkylation sites (N-methyl/N-ethyl adjacent to an activating group) is 1. The molecule has 0 amide bonds. The van der Waals surface area contributed by atoms with Crippen LogP contribution in [0.4, 0.5) is 4.39 Å². The third-order valence-electron chi connectivity index (χ3n) is 6.64. The van der Waals surface area contributed by atoms with Crippen LogP contribution in [0.25, 0.3) is 22.7 Å². The van der Waals surface area contributed by atoms with Crippen LogP contribution >= 0.6 is 11.6 Å². The van der Waals surface area contributed by atoms with Gasteiger partial charge >= 0.3 is 0 Å². The number of ether oxygens (including phenoxy) is 1. The van der Waals surface area contributed by atoms with E-state index in [1.165, 1.54) is 42.7 Å². The molecule has 2 aromatic carbocycles. The third kappa shape index (κ3) is 2.89. The molecule has 3 aromatic rings. The molecular weight excluding hydrogens is 387 g/mol. The van der Waals surface area contributed by atoms with Crippen LogP contribution in [0.2, 0.25) is 5.02 Å². The van der Waals surface area contributed by atoms with Crippen LogP contribution in [0.5, 0.6) is 5.75 Å². The minimum absolute atomic E-state index is 0.264. The summed E-state index contributed by atoms with van der Waals surface area (Å²) in [6.45, 7) is 2.03. The van der Waals surface area contributed by atoms with Gasteiger partial charge in [0.1, 0.15) is 0 Å². The number of halogens is 2. The second-order valence-electron chi connectivity index (χ2n) is 8.17. The smallest absolute Gasteiger partial charge is 0.165 e. The van der Waals surface area contributed by atoms with Gasteiger partial charge in [0.15, 0.2) is 11.6 Å². The predicted molar refractivity (Wildman–Crippen MR) is 117 cm³/mol. The lowest BCUT2D eigenvalue weighted by Gasteiger charge is -2.32. The zero-order valence-corrected chi connectivity index (χ0v) is 17.6. The van der Waals surface area contributed by atoms with E-state index in [1.807, 2.05) is 19.1 Å². The lowest BCUT2D eigenvalue weighted by molar-refractivity contribution is 0.223. The van der Waals surface area contributed by atoms with Crippen molar-refractivity contribution in [1.82, 2.24) is 9.47 Å². The molecule has 1 aromatic heterocycles. The van der Waals surface area contributed by atoms with Gasteiger partial charge in [0, 0.05) is 40.8 Å². The molecule has 1 saturated heterocycles. The summed E-state index contributed by atoms with van der Waals surface area (Å²) in [5.74, 6) is -0.0804. The molecule has 150 valence electrons. The summed E-state index contributed by atoms with van der Waals surface area (Å²) in [7, 11) is 3.72. The van der Waals surface area contributed by atoms with E-state index >= 15 is 0 Å². The van der Waals surface area contributed by atoms with Crippen LogP contribution in [0, 0.1) is 5.82 Å². The maximum Gasteiger partial charge on any atom is 0.165 e. The standard InChI is InChI=1S/C24H24ClFN2O/c1-14(15-4-9-23(29-3)19(26)10-15)13-28-20-7-5-16(25)11-18(20)24-21-8-6-17(27(21)2)12-22(24)28/h4-5,7,9-11,13,17,21H,6,8,12H2,1-3H3. The number of fused-ring (bicyclic) bond motifs is 6. The fraction of sp³-hybridized carbons (Fsp3) is 0.333. The van der Waals surface area contributed by atoms with Crippen LogP contribution in [0.15, 0.2) is 36.4 Å². The van der Waals surface area contributed by atoms with E-state index in [9.17, 15) is 4.39 Å². The van der Waals surface area contributed by atoms with Gasteiger partial charge in [0.25, 0.3) is 0 Å². The minimum atomic E-state index is -0.344. The van der Waals surface area contributed by atoms with Gasteiger partial charge in [0.05, 0.1) is 12.6 Å². The summed E-state index contributed by atoms with van der Waals surface area (Å²) in [6, 6.07) is 12.3. The van der Waals surface area contributed by atoms with Crippen molar-refractivity contribution < 1.29 is 9.13 Å². The number of allylic oxidation sites excluding steroid dienone is 1. The molecule has 0 saturated carbocycles. The van der Waals surface area contributed by atoms with Crippen molar-refractivity contribution in [3.8, 4) is 5.75 Å². The molecule has 29 heavy (non-hydrogen) atoms. The first-order chi connectivity index (χ1) is 14.0. The molecule has 5 heteroatoms. The van der Waals surface area contributed by atoms with E-state index in [2.05, 4.69) is 34.8 Å². The molecular formula is C24H24ClFN2O. The van der Waals surface area contributed by atoms with Crippen LogP contribution in [-0.2, 0) is 6.42 Å². The Labute approximate surface area is 175 Å². The Morgan fingerprint density at radius 1 is 1.21 bits per heavy atom. The Bertz CT molecular complexity index is 1150. The van der Waals surface area contributed by atoms with Gasteiger partial charge in [-0.3, -0.25) is 4.90 Å². The highest BCUT2D eigenvalue weighted by atomic mass is 35.5. The van der Waals surface area contributed by atoms with Gasteiger partial charge in [-0.1, -0.05) is 17.7 Å².